The van der Waals surface area contributed by atoms with E-state index in [0.29, 0.717) is 24.6 Å². The minimum absolute atomic E-state index is 0.410. The molecule has 0 bridgehead atoms. The number of nitrogens with zero attached hydrogens (tertiary/aromatic N) is 5. The number of pyridine rings is 2. The van der Waals surface area contributed by atoms with Gasteiger partial charge in [0, 0.05) is 36.8 Å². The normalized spacial score (nSPS) is 10.0. The van der Waals surface area contributed by atoms with Gasteiger partial charge in [-0.15, -0.1) is 0 Å². The molecular weight excluding hydrogens is 288 g/mol. The second kappa shape index (κ2) is 7.09. The number of hydrogen-bond donors (Lipinski definition) is 1. The fourth-order valence-corrected chi connectivity index (χ4v) is 2.06. The maximum absolute atomic E-state index is 8.67. The second-order valence-corrected chi connectivity index (χ2v) is 4.75. The molecule has 0 atom stereocenters. The summed E-state index contributed by atoms with van der Waals surface area (Å²) in [5.74, 6) is 1.26. The van der Waals surface area contributed by atoms with Gasteiger partial charge in [0.05, 0.1) is 23.9 Å². The lowest BCUT2D eigenvalue weighted by Gasteiger charge is -2.09. The quantitative estimate of drug-likeness (QED) is 0.729. The molecule has 0 aromatic carbocycles. The Morgan fingerprint density at radius 1 is 1.00 bits per heavy atom. The van der Waals surface area contributed by atoms with Crippen LogP contribution in [-0.2, 0) is 0 Å². The van der Waals surface area contributed by atoms with Crippen LogP contribution in [-0.4, -0.2) is 26.5 Å². The molecule has 0 amide bonds. The highest BCUT2D eigenvalue weighted by Crippen LogP contribution is 2.22. The fraction of sp³-hybridized carbons (Fsp3) is 0.118. The summed E-state index contributed by atoms with van der Waals surface area (Å²) >= 11 is 0. The summed E-state index contributed by atoms with van der Waals surface area (Å²) in [4.78, 5) is 17.5. The molecule has 23 heavy (non-hydrogen) atoms. The lowest BCUT2D eigenvalue weighted by molar-refractivity contribution is 1.04. The van der Waals surface area contributed by atoms with Crippen molar-refractivity contribution in [2.75, 3.05) is 11.9 Å². The number of nitriles is 1. The molecular formula is C17H14N6. The molecule has 0 spiro atoms. The van der Waals surface area contributed by atoms with Crippen LogP contribution in [0.3, 0.4) is 0 Å². The molecule has 0 radical (unpaired) electrons. The predicted molar refractivity (Wildman–Crippen MR) is 87.2 cm³/mol. The van der Waals surface area contributed by atoms with E-state index in [4.69, 9.17) is 5.26 Å². The van der Waals surface area contributed by atoms with Gasteiger partial charge in [-0.2, -0.15) is 5.26 Å². The predicted octanol–water partition coefficient (Wildman–Crippen LogP) is 2.93. The van der Waals surface area contributed by atoms with Gasteiger partial charge in [-0.25, -0.2) is 9.97 Å². The maximum atomic E-state index is 8.67. The molecule has 0 fully saturated rings. The van der Waals surface area contributed by atoms with Gasteiger partial charge in [0.1, 0.15) is 5.82 Å². The summed E-state index contributed by atoms with van der Waals surface area (Å²) < 4.78 is 0. The highest BCUT2D eigenvalue weighted by atomic mass is 15.0. The highest BCUT2D eigenvalue weighted by molar-refractivity contribution is 5.65. The first-order valence-electron chi connectivity index (χ1n) is 7.18. The van der Waals surface area contributed by atoms with Crippen LogP contribution in [0.1, 0.15) is 6.42 Å². The lowest BCUT2D eigenvalue weighted by Crippen LogP contribution is -2.05. The first-order chi connectivity index (χ1) is 11.4. The minimum Gasteiger partial charge on any atom is -0.369 e. The van der Waals surface area contributed by atoms with Gasteiger partial charge in [-0.05, 0) is 24.3 Å². The van der Waals surface area contributed by atoms with Gasteiger partial charge < -0.3 is 5.32 Å². The van der Waals surface area contributed by atoms with Crippen LogP contribution in [0.2, 0.25) is 0 Å². The van der Waals surface area contributed by atoms with Crippen molar-refractivity contribution in [3.63, 3.8) is 0 Å². The van der Waals surface area contributed by atoms with Crippen molar-refractivity contribution in [2.24, 2.45) is 0 Å². The van der Waals surface area contributed by atoms with Crippen LogP contribution in [0.4, 0.5) is 5.82 Å². The van der Waals surface area contributed by atoms with Crippen LogP contribution < -0.4 is 5.32 Å². The zero-order chi connectivity index (χ0) is 15.9. The minimum atomic E-state index is 0.410. The zero-order valence-electron chi connectivity index (χ0n) is 12.3. The van der Waals surface area contributed by atoms with Gasteiger partial charge in [0.25, 0.3) is 0 Å². The molecule has 0 saturated carbocycles. The van der Waals surface area contributed by atoms with Gasteiger partial charge in [0.2, 0.25) is 0 Å². The van der Waals surface area contributed by atoms with Crippen molar-refractivity contribution in [1.29, 1.82) is 5.26 Å². The van der Waals surface area contributed by atoms with Gasteiger partial charge in [-0.3, -0.25) is 9.97 Å². The van der Waals surface area contributed by atoms with E-state index in [0.717, 1.165) is 17.0 Å². The van der Waals surface area contributed by atoms with E-state index >= 15 is 0 Å². The third kappa shape index (κ3) is 3.66. The molecule has 0 aliphatic carbocycles. The maximum Gasteiger partial charge on any atom is 0.162 e. The number of aromatic nitrogens is 4. The number of hydrogen-bond acceptors (Lipinski definition) is 6. The van der Waals surface area contributed by atoms with Gasteiger partial charge >= 0.3 is 0 Å². The summed E-state index contributed by atoms with van der Waals surface area (Å²) in [7, 11) is 0. The molecule has 0 aliphatic rings. The van der Waals surface area contributed by atoms with Crippen LogP contribution in [0, 0.1) is 11.3 Å². The largest absolute Gasteiger partial charge is 0.369 e. The van der Waals surface area contributed by atoms with Crippen molar-refractivity contribution in [3.8, 4) is 28.8 Å². The SMILES string of the molecule is N#CCCNc1cc(-c2ccccn2)nc(-c2ccncc2)n1. The molecule has 0 aliphatic heterocycles. The fourth-order valence-electron chi connectivity index (χ4n) is 2.06. The highest BCUT2D eigenvalue weighted by Gasteiger charge is 2.09. The van der Waals surface area contributed by atoms with E-state index in [1.807, 2.05) is 36.4 Å². The third-order valence-corrected chi connectivity index (χ3v) is 3.13. The van der Waals surface area contributed by atoms with Gasteiger partial charge in [0.15, 0.2) is 5.82 Å². The van der Waals surface area contributed by atoms with E-state index in [1.54, 1.807) is 18.6 Å². The Hall–Kier alpha value is -3.33. The van der Waals surface area contributed by atoms with Crippen LogP contribution in [0.15, 0.2) is 55.0 Å². The van der Waals surface area contributed by atoms with E-state index < -0.39 is 0 Å². The Bertz CT molecular complexity index is 754. The molecule has 3 rings (SSSR count). The van der Waals surface area contributed by atoms with Crippen LogP contribution in [0.5, 0.6) is 0 Å². The summed E-state index contributed by atoms with van der Waals surface area (Å²) in [5.41, 5.74) is 2.38. The molecule has 0 unspecified atom stereocenters. The van der Waals surface area contributed by atoms with E-state index in [-0.39, 0.29) is 0 Å². The molecule has 3 aromatic heterocycles. The molecule has 0 saturated heterocycles. The smallest absolute Gasteiger partial charge is 0.162 e. The van der Waals surface area contributed by atoms with Crippen molar-refractivity contribution in [2.45, 2.75) is 6.42 Å². The van der Waals surface area contributed by atoms with Gasteiger partial charge in [-0.1, -0.05) is 6.07 Å². The number of nitrogens with one attached hydrogen (secondary N) is 1. The first-order valence-corrected chi connectivity index (χ1v) is 7.18. The first kappa shape index (κ1) is 14.6. The van der Waals surface area contributed by atoms with E-state index in [1.165, 1.54) is 0 Å². The van der Waals surface area contributed by atoms with E-state index in [2.05, 4.69) is 31.3 Å². The third-order valence-electron chi connectivity index (χ3n) is 3.13. The second-order valence-electron chi connectivity index (χ2n) is 4.75. The molecule has 112 valence electrons. The van der Waals surface area contributed by atoms with Crippen molar-refractivity contribution in [1.82, 2.24) is 19.9 Å². The van der Waals surface area contributed by atoms with Crippen molar-refractivity contribution < 1.29 is 0 Å². The molecule has 1 N–H and O–H groups in total. The average Bonchev–Trinajstić information content (AvgIpc) is 2.63. The van der Waals surface area contributed by atoms with Crippen LogP contribution >= 0.6 is 0 Å². The summed E-state index contributed by atoms with van der Waals surface area (Å²) in [6.07, 6.45) is 5.55. The summed E-state index contributed by atoms with van der Waals surface area (Å²) in [6.45, 7) is 0.533. The Labute approximate surface area is 133 Å². The Morgan fingerprint density at radius 2 is 1.87 bits per heavy atom. The van der Waals surface area contributed by atoms with Crippen molar-refractivity contribution >= 4 is 5.82 Å². The topological polar surface area (TPSA) is 87.4 Å². The molecule has 6 nitrogen and oxygen atoms in total. The van der Waals surface area contributed by atoms with Crippen LogP contribution in [0.25, 0.3) is 22.8 Å². The molecule has 3 aromatic rings. The molecule has 3 heterocycles. The van der Waals surface area contributed by atoms with Crippen molar-refractivity contribution in [3.05, 3.63) is 55.0 Å². The monoisotopic (exact) mass is 302 g/mol. The Kier molecular flexibility index (Phi) is 4.50. The average molecular weight is 302 g/mol. The number of rotatable bonds is 5. The summed E-state index contributed by atoms with van der Waals surface area (Å²) in [6, 6.07) is 13.3. The zero-order valence-corrected chi connectivity index (χ0v) is 12.3. The lowest BCUT2D eigenvalue weighted by atomic mass is 10.2. The standard InChI is InChI=1S/C17H14N6/c18-7-3-9-21-16-12-15(14-4-1-2-8-20-14)22-17(23-16)13-5-10-19-11-6-13/h1-2,4-6,8,10-12H,3,9H2,(H,21,22,23). The summed E-state index contributed by atoms with van der Waals surface area (Å²) in [5, 5.41) is 11.8. The Morgan fingerprint density at radius 3 is 2.61 bits per heavy atom. The van der Waals surface area contributed by atoms with E-state index in [9.17, 15) is 0 Å². The Balaban J connectivity index is 2.02. The number of anilines is 1. The molecule has 6 heteroatoms.